The summed E-state index contributed by atoms with van der Waals surface area (Å²) >= 11 is 0. The van der Waals surface area contributed by atoms with Crippen molar-refractivity contribution in [3.63, 3.8) is 0 Å². The van der Waals surface area contributed by atoms with E-state index >= 15 is 0 Å². The van der Waals surface area contributed by atoms with Crippen molar-refractivity contribution < 1.29 is 5.11 Å². The summed E-state index contributed by atoms with van der Waals surface area (Å²) in [5.41, 5.74) is 0. The van der Waals surface area contributed by atoms with Crippen LogP contribution in [-0.2, 0) is 0 Å². The van der Waals surface area contributed by atoms with Crippen LogP contribution in [0, 0.1) is 5.92 Å². The average Bonchev–Trinajstić information content (AvgIpc) is 2.03. The Kier molecular flexibility index (Phi) is 14.9. The molecule has 12 heavy (non-hydrogen) atoms. The fraction of sp³-hybridized carbons (Fsp3) is 1.00. The number of aliphatic hydroxyl groups is 1. The normalized spacial score (nSPS) is 12.2. The smallest absolute Gasteiger partial charge is 0.316 e. The minimum absolute atomic E-state index is 0. The summed E-state index contributed by atoms with van der Waals surface area (Å²) in [6.45, 7) is 4.79. The predicted molar refractivity (Wildman–Crippen MR) is 58.2 cm³/mol. The maximum atomic E-state index is 8.96. The lowest BCUT2D eigenvalue weighted by Crippen LogP contribution is -2.05. The van der Waals surface area contributed by atoms with Gasteiger partial charge in [0.15, 0.2) is 0 Å². The van der Waals surface area contributed by atoms with Gasteiger partial charge in [0.1, 0.15) is 0 Å². The standard InChI is InChI=1S/C10H22O.Mg.2H/c1-3-5-6-8-10(9-11)7-4-2;;;/h10-11H,3-9H2,1-2H3;;;. The van der Waals surface area contributed by atoms with E-state index in [9.17, 15) is 0 Å². The molecule has 0 radical (unpaired) electrons. The summed E-state index contributed by atoms with van der Waals surface area (Å²) in [4.78, 5) is 0. The van der Waals surface area contributed by atoms with Crippen molar-refractivity contribution >= 4 is 23.1 Å². The molecule has 0 aliphatic heterocycles. The van der Waals surface area contributed by atoms with Gasteiger partial charge < -0.3 is 5.11 Å². The second-order valence-electron chi connectivity index (χ2n) is 3.33. The summed E-state index contributed by atoms with van der Waals surface area (Å²) < 4.78 is 0. The van der Waals surface area contributed by atoms with Crippen LogP contribution < -0.4 is 0 Å². The Morgan fingerprint density at radius 3 is 2.08 bits per heavy atom. The third-order valence-electron chi connectivity index (χ3n) is 2.17. The minimum Gasteiger partial charge on any atom is -0.396 e. The topological polar surface area (TPSA) is 20.2 Å². The highest BCUT2D eigenvalue weighted by molar-refractivity contribution is 5.75. The summed E-state index contributed by atoms with van der Waals surface area (Å²) in [5, 5.41) is 8.96. The van der Waals surface area contributed by atoms with Crippen LogP contribution in [-0.4, -0.2) is 34.8 Å². The summed E-state index contributed by atoms with van der Waals surface area (Å²) in [6.07, 6.45) is 7.52. The first-order chi connectivity index (χ1) is 5.35. The number of unbranched alkanes of at least 4 members (excludes halogenated alkanes) is 2. The van der Waals surface area contributed by atoms with Gasteiger partial charge >= 0.3 is 23.1 Å². The predicted octanol–water partition coefficient (Wildman–Crippen LogP) is 2.06. The lowest BCUT2D eigenvalue weighted by Gasteiger charge is -2.11. The lowest BCUT2D eigenvalue weighted by atomic mass is 9.98. The van der Waals surface area contributed by atoms with E-state index in [1.54, 1.807) is 0 Å². The Morgan fingerprint density at radius 2 is 1.67 bits per heavy atom. The Labute approximate surface area is 93.1 Å². The van der Waals surface area contributed by atoms with Gasteiger partial charge in [-0.15, -0.1) is 0 Å². The molecule has 2 heteroatoms. The Bertz CT molecular complexity index is 76.2. The highest BCUT2D eigenvalue weighted by atomic mass is 24.3. The molecule has 1 N–H and O–H groups in total. The van der Waals surface area contributed by atoms with Crippen molar-refractivity contribution in [3.05, 3.63) is 0 Å². The van der Waals surface area contributed by atoms with Crippen LogP contribution in [0.3, 0.4) is 0 Å². The Morgan fingerprint density at radius 1 is 1.00 bits per heavy atom. The van der Waals surface area contributed by atoms with Gasteiger partial charge in [-0.25, -0.2) is 0 Å². The van der Waals surface area contributed by atoms with Crippen LogP contribution in [0.5, 0.6) is 0 Å². The maximum Gasteiger partial charge on any atom is 0.316 e. The quantitative estimate of drug-likeness (QED) is 0.474. The maximum absolute atomic E-state index is 8.96. The van der Waals surface area contributed by atoms with Gasteiger partial charge in [-0.3, -0.25) is 0 Å². The van der Waals surface area contributed by atoms with E-state index in [1.165, 1.54) is 38.5 Å². The van der Waals surface area contributed by atoms with Crippen LogP contribution >= 0.6 is 0 Å². The summed E-state index contributed by atoms with van der Waals surface area (Å²) in [7, 11) is 0. The van der Waals surface area contributed by atoms with Crippen molar-refractivity contribution in [2.24, 2.45) is 5.92 Å². The van der Waals surface area contributed by atoms with Crippen LogP contribution in [0.4, 0.5) is 0 Å². The van der Waals surface area contributed by atoms with E-state index in [0.717, 1.165) is 0 Å². The van der Waals surface area contributed by atoms with E-state index in [2.05, 4.69) is 13.8 Å². The van der Waals surface area contributed by atoms with Gasteiger partial charge in [-0.05, 0) is 18.8 Å². The van der Waals surface area contributed by atoms with Crippen LogP contribution in [0.15, 0.2) is 0 Å². The molecule has 0 saturated carbocycles. The lowest BCUT2D eigenvalue weighted by molar-refractivity contribution is 0.207. The van der Waals surface area contributed by atoms with Crippen molar-refractivity contribution in [2.45, 2.75) is 52.4 Å². The van der Waals surface area contributed by atoms with Crippen molar-refractivity contribution in [1.29, 1.82) is 0 Å². The molecule has 0 aliphatic carbocycles. The molecule has 1 nitrogen and oxygen atoms in total. The molecular weight excluding hydrogens is 160 g/mol. The van der Waals surface area contributed by atoms with Gasteiger partial charge in [0.2, 0.25) is 0 Å². The fourth-order valence-corrected chi connectivity index (χ4v) is 1.42. The Hall–Kier alpha value is 0.726. The molecule has 0 heterocycles. The van der Waals surface area contributed by atoms with Gasteiger partial charge in [0, 0.05) is 6.61 Å². The zero-order chi connectivity index (χ0) is 8.53. The second kappa shape index (κ2) is 11.7. The van der Waals surface area contributed by atoms with Gasteiger partial charge in [-0.1, -0.05) is 39.5 Å². The van der Waals surface area contributed by atoms with Crippen molar-refractivity contribution in [1.82, 2.24) is 0 Å². The van der Waals surface area contributed by atoms with Crippen molar-refractivity contribution in [2.75, 3.05) is 6.61 Å². The molecule has 0 spiro atoms. The zero-order valence-electron chi connectivity index (χ0n) is 7.97. The van der Waals surface area contributed by atoms with E-state index in [1.807, 2.05) is 0 Å². The monoisotopic (exact) mass is 184 g/mol. The molecule has 0 aromatic carbocycles. The van der Waals surface area contributed by atoms with Gasteiger partial charge in [0.05, 0.1) is 0 Å². The van der Waals surface area contributed by atoms with Gasteiger partial charge in [0.25, 0.3) is 0 Å². The van der Waals surface area contributed by atoms with Crippen LogP contribution in [0.1, 0.15) is 52.4 Å². The molecule has 0 aromatic rings. The minimum atomic E-state index is 0. The van der Waals surface area contributed by atoms with E-state index in [4.69, 9.17) is 5.11 Å². The second-order valence-corrected chi connectivity index (χ2v) is 3.33. The molecule has 72 valence electrons. The summed E-state index contributed by atoms with van der Waals surface area (Å²) in [6, 6.07) is 0. The highest BCUT2D eigenvalue weighted by Gasteiger charge is 2.04. The molecule has 0 aliphatic rings. The van der Waals surface area contributed by atoms with Gasteiger partial charge in [-0.2, -0.15) is 0 Å². The fourth-order valence-electron chi connectivity index (χ4n) is 1.42. The highest BCUT2D eigenvalue weighted by Crippen LogP contribution is 2.14. The number of aliphatic hydroxyl groups excluding tert-OH is 1. The van der Waals surface area contributed by atoms with E-state index in [-0.39, 0.29) is 23.1 Å². The molecule has 0 amide bonds. The first-order valence-corrected chi connectivity index (χ1v) is 4.96. The molecular formula is C10H24MgO. The van der Waals surface area contributed by atoms with E-state index < -0.39 is 0 Å². The largest absolute Gasteiger partial charge is 0.396 e. The molecule has 1 unspecified atom stereocenters. The first kappa shape index (κ1) is 15.2. The third kappa shape index (κ3) is 8.82. The molecule has 0 rings (SSSR count). The average molecular weight is 185 g/mol. The number of hydrogen-bond donors (Lipinski definition) is 1. The Balaban J connectivity index is 0. The molecule has 0 saturated heterocycles. The molecule has 1 atom stereocenters. The van der Waals surface area contributed by atoms with Crippen molar-refractivity contribution in [3.8, 4) is 0 Å². The van der Waals surface area contributed by atoms with Crippen LogP contribution in [0.2, 0.25) is 0 Å². The first-order valence-electron chi connectivity index (χ1n) is 4.96. The van der Waals surface area contributed by atoms with E-state index in [0.29, 0.717) is 12.5 Å². The molecule has 0 fully saturated rings. The number of rotatable bonds is 7. The molecule has 0 bridgehead atoms. The zero-order valence-corrected chi connectivity index (χ0v) is 7.97. The van der Waals surface area contributed by atoms with Crippen LogP contribution in [0.25, 0.3) is 0 Å². The number of hydrogen-bond acceptors (Lipinski definition) is 1. The molecule has 0 aromatic heterocycles. The SMILES string of the molecule is CCCCCC(CO)CCC.[MgH2]. The summed E-state index contributed by atoms with van der Waals surface area (Å²) in [5.74, 6) is 0.576. The third-order valence-corrected chi connectivity index (χ3v) is 2.17.